The molecule has 0 saturated carbocycles. The molecule has 3 aromatic rings. The molecule has 0 radical (unpaired) electrons. The van der Waals surface area contributed by atoms with Crippen molar-refractivity contribution in [1.82, 2.24) is 9.55 Å². The lowest BCUT2D eigenvalue weighted by molar-refractivity contribution is 0.0764. The highest BCUT2D eigenvalue weighted by Gasteiger charge is 2.10. The average molecular weight is 280 g/mol. The summed E-state index contributed by atoms with van der Waals surface area (Å²) < 4.78 is 7.76. The van der Waals surface area contributed by atoms with E-state index in [0.717, 1.165) is 29.0 Å². The van der Waals surface area contributed by atoms with Gasteiger partial charge in [-0.1, -0.05) is 36.4 Å². The standard InChI is InChI=1S/C18H20N2O/c1-4-21-13(2)14-9-11-15(12-10-14)18-19-16-7-5-6-8-17(16)20(18)3/h5-13H,4H2,1-3H3. The fourth-order valence-electron chi connectivity index (χ4n) is 2.65. The Hall–Kier alpha value is -2.13. The quantitative estimate of drug-likeness (QED) is 0.711. The Morgan fingerprint density at radius 3 is 2.48 bits per heavy atom. The second-order valence-electron chi connectivity index (χ2n) is 5.20. The summed E-state index contributed by atoms with van der Waals surface area (Å²) in [5.74, 6) is 0.992. The molecule has 0 aliphatic heterocycles. The van der Waals surface area contributed by atoms with E-state index < -0.39 is 0 Å². The van der Waals surface area contributed by atoms with Crippen molar-refractivity contribution in [3.63, 3.8) is 0 Å². The molecule has 2 aromatic carbocycles. The van der Waals surface area contributed by atoms with Crippen molar-refractivity contribution in [3.05, 3.63) is 54.1 Å². The van der Waals surface area contributed by atoms with E-state index in [2.05, 4.69) is 48.9 Å². The number of rotatable bonds is 4. The molecular formula is C18H20N2O. The topological polar surface area (TPSA) is 27.1 Å². The minimum absolute atomic E-state index is 0.129. The van der Waals surface area contributed by atoms with Gasteiger partial charge >= 0.3 is 0 Å². The summed E-state index contributed by atoms with van der Waals surface area (Å²) in [4.78, 5) is 4.73. The molecule has 21 heavy (non-hydrogen) atoms. The van der Waals surface area contributed by atoms with Gasteiger partial charge in [0.25, 0.3) is 0 Å². The van der Waals surface area contributed by atoms with Crippen molar-refractivity contribution < 1.29 is 4.74 Å². The number of imidazole rings is 1. The third-order valence-electron chi connectivity index (χ3n) is 3.84. The first kappa shape index (κ1) is 13.8. The Morgan fingerprint density at radius 1 is 1.10 bits per heavy atom. The highest BCUT2D eigenvalue weighted by molar-refractivity contribution is 5.80. The molecule has 1 aromatic heterocycles. The van der Waals surface area contributed by atoms with Crippen LogP contribution >= 0.6 is 0 Å². The second-order valence-corrected chi connectivity index (χ2v) is 5.20. The summed E-state index contributed by atoms with van der Waals surface area (Å²) in [5, 5.41) is 0. The van der Waals surface area contributed by atoms with Gasteiger partial charge in [0.05, 0.1) is 17.1 Å². The lowest BCUT2D eigenvalue weighted by Crippen LogP contribution is -1.99. The summed E-state index contributed by atoms with van der Waals surface area (Å²) in [5.41, 5.74) is 4.50. The number of aryl methyl sites for hydroxylation is 1. The fraction of sp³-hybridized carbons (Fsp3) is 0.278. The van der Waals surface area contributed by atoms with Crippen LogP contribution in [-0.4, -0.2) is 16.2 Å². The number of fused-ring (bicyclic) bond motifs is 1. The first-order valence-corrected chi connectivity index (χ1v) is 7.34. The highest BCUT2D eigenvalue weighted by atomic mass is 16.5. The van der Waals surface area contributed by atoms with Crippen LogP contribution in [0.15, 0.2) is 48.5 Å². The van der Waals surface area contributed by atoms with E-state index in [4.69, 9.17) is 9.72 Å². The average Bonchev–Trinajstić information content (AvgIpc) is 2.85. The first-order valence-electron chi connectivity index (χ1n) is 7.34. The Morgan fingerprint density at radius 2 is 1.81 bits per heavy atom. The Kier molecular flexibility index (Phi) is 3.76. The zero-order valence-electron chi connectivity index (χ0n) is 12.7. The SMILES string of the molecule is CCOC(C)c1ccc(-c2nc3ccccc3n2C)cc1. The van der Waals surface area contributed by atoms with Gasteiger partial charge in [-0.3, -0.25) is 0 Å². The predicted molar refractivity (Wildman–Crippen MR) is 86.2 cm³/mol. The third kappa shape index (κ3) is 2.57. The third-order valence-corrected chi connectivity index (χ3v) is 3.84. The summed E-state index contributed by atoms with van der Waals surface area (Å²) in [7, 11) is 2.06. The zero-order valence-corrected chi connectivity index (χ0v) is 12.7. The van der Waals surface area contributed by atoms with Crippen LogP contribution in [0.1, 0.15) is 25.5 Å². The van der Waals surface area contributed by atoms with Gasteiger partial charge in [0, 0.05) is 19.2 Å². The normalized spacial score (nSPS) is 12.7. The van der Waals surface area contributed by atoms with Gasteiger partial charge in [0.1, 0.15) is 5.82 Å². The van der Waals surface area contributed by atoms with Crippen LogP contribution in [0.3, 0.4) is 0 Å². The minimum Gasteiger partial charge on any atom is -0.374 e. The molecule has 1 atom stereocenters. The molecule has 1 unspecified atom stereocenters. The molecule has 3 heteroatoms. The predicted octanol–water partition coefficient (Wildman–Crippen LogP) is 4.34. The number of hydrogen-bond donors (Lipinski definition) is 0. The number of aromatic nitrogens is 2. The van der Waals surface area contributed by atoms with Crippen molar-refractivity contribution in [2.24, 2.45) is 7.05 Å². The van der Waals surface area contributed by atoms with Gasteiger partial charge in [-0.25, -0.2) is 4.98 Å². The van der Waals surface area contributed by atoms with E-state index in [1.165, 1.54) is 5.56 Å². The number of hydrogen-bond acceptors (Lipinski definition) is 2. The van der Waals surface area contributed by atoms with Crippen LogP contribution in [0.5, 0.6) is 0 Å². The second kappa shape index (κ2) is 5.70. The van der Waals surface area contributed by atoms with Crippen molar-refractivity contribution in [2.75, 3.05) is 6.61 Å². The Balaban J connectivity index is 1.97. The summed E-state index contributed by atoms with van der Waals surface area (Å²) in [6, 6.07) is 16.7. The molecule has 0 N–H and O–H groups in total. The van der Waals surface area contributed by atoms with Crippen molar-refractivity contribution in [2.45, 2.75) is 20.0 Å². The molecule has 3 nitrogen and oxygen atoms in total. The Labute approximate surface area is 125 Å². The Bertz CT molecular complexity index is 744. The fourth-order valence-corrected chi connectivity index (χ4v) is 2.65. The van der Waals surface area contributed by atoms with Crippen LogP contribution in [-0.2, 0) is 11.8 Å². The molecule has 3 rings (SSSR count). The van der Waals surface area contributed by atoms with Gasteiger partial charge in [-0.2, -0.15) is 0 Å². The van der Waals surface area contributed by atoms with Crippen molar-refractivity contribution >= 4 is 11.0 Å². The van der Waals surface area contributed by atoms with Gasteiger partial charge in [0.2, 0.25) is 0 Å². The van der Waals surface area contributed by atoms with Gasteiger partial charge in [0.15, 0.2) is 0 Å². The van der Waals surface area contributed by atoms with E-state index in [1.807, 2.05) is 25.1 Å². The minimum atomic E-state index is 0.129. The van der Waals surface area contributed by atoms with Gasteiger partial charge in [-0.15, -0.1) is 0 Å². The molecular weight excluding hydrogens is 260 g/mol. The largest absolute Gasteiger partial charge is 0.374 e. The van der Waals surface area contributed by atoms with Crippen LogP contribution in [0, 0.1) is 0 Å². The number of para-hydroxylation sites is 2. The van der Waals surface area contributed by atoms with E-state index in [9.17, 15) is 0 Å². The molecule has 0 aliphatic rings. The maximum atomic E-state index is 5.62. The van der Waals surface area contributed by atoms with Crippen LogP contribution < -0.4 is 0 Å². The van der Waals surface area contributed by atoms with Gasteiger partial charge in [-0.05, 0) is 31.5 Å². The molecule has 0 saturated heterocycles. The zero-order chi connectivity index (χ0) is 14.8. The summed E-state index contributed by atoms with van der Waals surface area (Å²) >= 11 is 0. The number of benzene rings is 2. The molecule has 0 aliphatic carbocycles. The van der Waals surface area contributed by atoms with Crippen molar-refractivity contribution in [1.29, 1.82) is 0 Å². The molecule has 1 heterocycles. The maximum absolute atomic E-state index is 5.62. The maximum Gasteiger partial charge on any atom is 0.140 e. The van der Waals surface area contributed by atoms with Crippen LogP contribution in [0.25, 0.3) is 22.4 Å². The van der Waals surface area contributed by atoms with E-state index in [-0.39, 0.29) is 6.10 Å². The van der Waals surface area contributed by atoms with E-state index in [1.54, 1.807) is 0 Å². The van der Waals surface area contributed by atoms with E-state index >= 15 is 0 Å². The summed E-state index contributed by atoms with van der Waals surface area (Å²) in [6.45, 7) is 4.82. The molecule has 0 fully saturated rings. The summed E-state index contributed by atoms with van der Waals surface area (Å²) in [6.07, 6.45) is 0.129. The smallest absolute Gasteiger partial charge is 0.140 e. The van der Waals surface area contributed by atoms with Crippen LogP contribution in [0.2, 0.25) is 0 Å². The van der Waals surface area contributed by atoms with Gasteiger partial charge < -0.3 is 9.30 Å². The lowest BCUT2D eigenvalue weighted by Gasteiger charge is -2.12. The lowest BCUT2D eigenvalue weighted by atomic mass is 10.1. The van der Waals surface area contributed by atoms with Crippen molar-refractivity contribution in [3.8, 4) is 11.4 Å². The molecule has 0 amide bonds. The van der Waals surface area contributed by atoms with E-state index in [0.29, 0.717) is 0 Å². The molecule has 108 valence electrons. The first-order chi connectivity index (χ1) is 10.2. The monoisotopic (exact) mass is 280 g/mol. The molecule has 0 spiro atoms. The molecule has 0 bridgehead atoms. The number of ether oxygens (including phenoxy) is 1. The number of nitrogens with zero attached hydrogens (tertiary/aromatic N) is 2. The highest BCUT2D eigenvalue weighted by Crippen LogP contribution is 2.25. The van der Waals surface area contributed by atoms with Crippen LogP contribution in [0.4, 0.5) is 0 Å².